The van der Waals surface area contributed by atoms with Crippen molar-refractivity contribution in [2.24, 2.45) is 5.92 Å². The monoisotopic (exact) mass is 290 g/mol. The predicted molar refractivity (Wildman–Crippen MR) is 79.6 cm³/mol. The molecule has 0 aliphatic heterocycles. The molecule has 5 nitrogen and oxygen atoms in total. The van der Waals surface area contributed by atoms with E-state index in [1.54, 1.807) is 11.8 Å². The summed E-state index contributed by atoms with van der Waals surface area (Å²) in [6.45, 7) is 4.93. The number of carboxylic acids is 1. The van der Waals surface area contributed by atoms with E-state index in [0.717, 1.165) is 19.3 Å². The second kappa shape index (κ2) is 11.0. The summed E-state index contributed by atoms with van der Waals surface area (Å²) in [6.07, 6.45) is 5.50. The summed E-state index contributed by atoms with van der Waals surface area (Å²) in [5.41, 5.74) is 0. The minimum absolute atomic E-state index is 0.391. The minimum Gasteiger partial charge on any atom is -0.480 e. The fourth-order valence-electron chi connectivity index (χ4n) is 1.58. The average Bonchev–Trinajstić information content (AvgIpc) is 2.33. The lowest BCUT2D eigenvalue weighted by Crippen LogP contribution is -2.46. The Morgan fingerprint density at radius 1 is 1.21 bits per heavy atom. The van der Waals surface area contributed by atoms with Crippen molar-refractivity contribution < 1.29 is 14.7 Å². The zero-order valence-corrected chi connectivity index (χ0v) is 12.9. The zero-order valence-electron chi connectivity index (χ0n) is 12.1. The molecular formula is C13H26N2O3S. The Kier molecular flexibility index (Phi) is 10.4. The normalized spacial score (nSPS) is 12.2. The number of carbonyl (C=O) groups excluding carboxylic acids is 1. The minimum atomic E-state index is -0.982. The van der Waals surface area contributed by atoms with Crippen molar-refractivity contribution in [2.45, 2.75) is 45.6 Å². The van der Waals surface area contributed by atoms with Gasteiger partial charge in [-0.3, -0.25) is 0 Å². The Hall–Kier alpha value is -0.910. The van der Waals surface area contributed by atoms with Crippen molar-refractivity contribution in [1.29, 1.82) is 0 Å². The van der Waals surface area contributed by atoms with Gasteiger partial charge in [0.05, 0.1) is 0 Å². The highest BCUT2D eigenvalue weighted by atomic mass is 32.2. The van der Waals surface area contributed by atoms with Crippen LogP contribution in [0.1, 0.15) is 39.5 Å². The van der Waals surface area contributed by atoms with Gasteiger partial charge in [-0.2, -0.15) is 11.8 Å². The molecule has 0 fully saturated rings. The number of unbranched alkanes of at least 4 members (excludes halogenated alkanes) is 1. The first-order valence-electron chi connectivity index (χ1n) is 6.73. The molecule has 0 aromatic rings. The maximum Gasteiger partial charge on any atom is 0.326 e. The van der Waals surface area contributed by atoms with E-state index in [0.29, 0.717) is 24.6 Å². The number of aliphatic carboxylic acids is 1. The molecule has 0 bridgehead atoms. The van der Waals surface area contributed by atoms with Crippen molar-refractivity contribution in [3.05, 3.63) is 0 Å². The maximum absolute atomic E-state index is 11.5. The molecule has 0 rings (SSSR count). The fraction of sp³-hybridized carbons (Fsp3) is 0.846. The number of carboxylic acid groups (broad SMARTS) is 1. The molecular weight excluding hydrogens is 264 g/mol. The van der Waals surface area contributed by atoms with Crippen molar-refractivity contribution in [3.8, 4) is 0 Å². The van der Waals surface area contributed by atoms with Gasteiger partial charge < -0.3 is 15.7 Å². The molecule has 0 heterocycles. The number of hydrogen-bond donors (Lipinski definition) is 3. The summed E-state index contributed by atoms with van der Waals surface area (Å²) in [6, 6.07) is -1.19. The summed E-state index contributed by atoms with van der Waals surface area (Å²) in [7, 11) is 0. The van der Waals surface area contributed by atoms with Crippen molar-refractivity contribution in [1.82, 2.24) is 10.6 Å². The van der Waals surface area contributed by atoms with Crippen LogP contribution in [-0.2, 0) is 4.79 Å². The van der Waals surface area contributed by atoms with Crippen LogP contribution < -0.4 is 10.6 Å². The second-order valence-electron chi connectivity index (χ2n) is 4.96. The van der Waals surface area contributed by atoms with E-state index in [2.05, 4.69) is 24.5 Å². The number of amides is 2. The number of nitrogens with one attached hydrogen (secondary N) is 2. The molecule has 1 atom stereocenters. The first kappa shape index (κ1) is 18.1. The van der Waals surface area contributed by atoms with Gasteiger partial charge in [-0.05, 0) is 30.8 Å². The Labute approximate surface area is 119 Å². The number of carbonyl (C=O) groups is 2. The lowest BCUT2D eigenvalue weighted by Gasteiger charge is -2.14. The molecule has 0 saturated heterocycles. The quantitative estimate of drug-likeness (QED) is 0.540. The largest absolute Gasteiger partial charge is 0.480 e. The number of hydrogen-bond acceptors (Lipinski definition) is 3. The Morgan fingerprint density at radius 3 is 2.42 bits per heavy atom. The Balaban J connectivity index is 3.77. The van der Waals surface area contributed by atoms with Crippen molar-refractivity contribution >= 4 is 23.8 Å². The van der Waals surface area contributed by atoms with E-state index >= 15 is 0 Å². The number of thioether (sulfide) groups is 1. The zero-order chi connectivity index (χ0) is 14.7. The summed E-state index contributed by atoms with van der Waals surface area (Å²) >= 11 is 1.57. The van der Waals surface area contributed by atoms with Crippen LogP contribution in [0.3, 0.4) is 0 Å². The summed E-state index contributed by atoms with van der Waals surface area (Å²) in [4.78, 5) is 22.5. The molecule has 0 radical (unpaired) electrons. The molecule has 0 aliphatic carbocycles. The van der Waals surface area contributed by atoms with Gasteiger partial charge in [-0.1, -0.05) is 26.7 Å². The Morgan fingerprint density at radius 2 is 1.89 bits per heavy atom. The summed E-state index contributed by atoms with van der Waals surface area (Å²) in [5, 5.41) is 14.2. The van der Waals surface area contributed by atoms with Crippen LogP contribution in [0.15, 0.2) is 0 Å². The smallest absolute Gasteiger partial charge is 0.326 e. The van der Waals surface area contributed by atoms with E-state index in [1.165, 1.54) is 0 Å². The maximum atomic E-state index is 11.5. The van der Waals surface area contributed by atoms with E-state index in [4.69, 9.17) is 5.11 Å². The van der Waals surface area contributed by atoms with Gasteiger partial charge in [0.25, 0.3) is 0 Å². The summed E-state index contributed by atoms with van der Waals surface area (Å²) in [5.74, 6) is 0.409. The second-order valence-corrected chi connectivity index (χ2v) is 5.95. The SMILES string of the molecule is CSCCC(NC(=O)NCCCCC(C)C)C(=O)O. The Bertz CT molecular complexity index is 273. The highest BCUT2D eigenvalue weighted by Gasteiger charge is 2.18. The number of urea groups is 1. The highest BCUT2D eigenvalue weighted by Crippen LogP contribution is 2.05. The molecule has 3 N–H and O–H groups in total. The van der Waals surface area contributed by atoms with Crippen LogP contribution in [0.4, 0.5) is 4.79 Å². The van der Waals surface area contributed by atoms with Gasteiger partial charge in [0.1, 0.15) is 6.04 Å². The third kappa shape index (κ3) is 10.7. The van der Waals surface area contributed by atoms with Crippen LogP contribution in [0.25, 0.3) is 0 Å². The first-order valence-corrected chi connectivity index (χ1v) is 8.12. The first-order chi connectivity index (χ1) is 8.97. The van der Waals surface area contributed by atoms with E-state index < -0.39 is 18.0 Å². The molecule has 0 saturated carbocycles. The molecule has 0 aromatic heterocycles. The average molecular weight is 290 g/mol. The van der Waals surface area contributed by atoms with Gasteiger partial charge in [0.2, 0.25) is 0 Å². The lowest BCUT2D eigenvalue weighted by atomic mass is 10.1. The van der Waals surface area contributed by atoms with Crippen molar-refractivity contribution in [2.75, 3.05) is 18.6 Å². The van der Waals surface area contributed by atoms with E-state index in [1.807, 2.05) is 6.26 Å². The molecule has 2 amide bonds. The van der Waals surface area contributed by atoms with E-state index in [-0.39, 0.29) is 0 Å². The molecule has 0 spiro atoms. The predicted octanol–water partition coefficient (Wildman–Crippen LogP) is 2.32. The number of rotatable bonds is 10. The third-order valence-electron chi connectivity index (χ3n) is 2.71. The standard InChI is InChI=1S/C13H26N2O3S/c1-10(2)6-4-5-8-14-13(18)15-11(12(16)17)7-9-19-3/h10-11H,4-9H2,1-3H3,(H,16,17)(H2,14,15,18). The molecule has 0 aliphatic rings. The molecule has 112 valence electrons. The van der Waals surface area contributed by atoms with Gasteiger partial charge in [-0.15, -0.1) is 0 Å². The van der Waals surface area contributed by atoms with Gasteiger partial charge in [-0.25, -0.2) is 9.59 Å². The molecule has 1 unspecified atom stereocenters. The molecule has 19 heavy (non-hydrogen) atoms. The van der Waals surface area contributed by atoms with Crippen LogP contribution >= 0.6 is 11.8 Å². The van der Waals surface area contributed by atoms with Crippen LogP contribution in [0.2, 0.25) is 0 Å². The van der Waals surface area contributed by atoms with Gasteiger partial charge in [0, 0.05) is 6.54 Å². The van der Waals surface area contributed by atoms with Gasteiger partial charge in [0.15, 0.2) is 0 Å². The highest BCUT2D eigenvalue weighted by molar-refractivity contribution is 7.98. The van der Waals surface area contributed by atoms with Gasteiger partial charge >= 0.3 is 12.0 Å². The van der Waals surface area contributed by atoms with Crippen molar-refractivity contribution in [3.63, 3.8) is 0 Å². The van der Waals surface area contributed by atoms with Crippen LogP contribution in [-0.4, -0.2) is 41.7 Å². The topological polar surface area (TPSA) is 78.4 Å². The van der Waals surface area contributed by atoms with E-state index in [9.17, 15) is 9.59 Å². The molecule has 6 heteroatoms. The molecule has 0 aromatic carbocycles. The fourth-order valence-corrected chi connectivity index (χ4v) is 2.05. The third-order valence-corrected chi connectivity index (χ3v) is 3.35. The lowest BCUT2D eigenvalue weighted by molar-refractivity contribution is -0.139. The van der Waals surface area contributed by atoms with Crippen LogP contribution in [0.5, 0.6) is 0 Å². The van der Waals surface area contributed by atoms with Crippen LogP contribution in [0, 0.1) is 5.92 Å². The summed E-state index contributed by atoms with van der Waals surface area (Å²) < 4.78 is 0.